The van der Waals surface area contributed by atoms with Crippen LogP contribution in [0.25, 0.3) is 0 Å². The molecule has 0 spiro atoms. The van der Waals surface area contributed by atoms with Gasteiger partial charge in [0.05, 0.1) is 18.6 Å². The summed E-state index contributed by atoms with van der Waals surface area (Å²) in [5, 5.41) is 7.62. The molecular formula is C17H20N2O5S. The summed E-state index contributed by atoms with van der Waals surface area (Å²) in [5.74, 6) is 0.755. The maximum atomic E-state index is 11.7. The summed E-state index contributed by atoms with van der Waals surface area (Å²) in [7, 11) is -2.12. The normalized spacial score (nSPS) is 11.0. The second kappa shape index (κ2) is 8.50. The number of rotatable bonds is 7. The van der Waals surface area contributed by atoms with Crippen LogP contribution < -0.4 is 15.2 Å². The minimum absolute atomic E-state index is 0.0251. The van der Waals surface area contributed by atoms with Crippen molar-refractivity contribution in [3.05, 3.63) is 59.7 Å². The molecule has 0 fully saturated rings. The molecule has 2 aromatic carbocycles. The molecule has 0 heterocycles. The first-order chi connectivity index (χ1) is 11.9. The highest BCUT2D eigenvalue weighted by atomic mass is 32.2. The van der Waals surface area contributed by atoms with Crippen molar-refractivity contribution in [2.75, 3.05) is 13.7 Å². The Morgan fingerprint density at radius 2 is 1.84 bits per heavy atom. The molecule has 0 aromatic heterocycles. The number of sulfonamides is 1. The Bertz CT molecular complexity index is 819. The fourth-order valence-corrected chi connectivity index (χ4v) is 2.63. The van der Waals surface area contributed by atoms with E-state index in [2.05, 4.69) is 5.32 Å². The number of carbonyl (C=O) groups excluding carboxylic acids is 1. The maximum absolute atomic E-state index is 11.7. The fraction of sp³-hybridized carbons (Fsp3) is 0.235. The summed E-state index contributed by atoms with van der Waals surface area (Å²) in [6.07, 6.45) is 0.0339. The van der Waals surface area contributed by atoms with Crippen LogP contribution >= 0.6 is 0 Å². The number of primary sulfonamides is 1. The van der Waals surface area contributed by atoms with Crippen LogP contribution in [-0.4, -0.2) is 28.2 Å². The van der Waals surface area contributed by atoms with Crippen molar-refractivity contribution in [2.45, 2.75) is 17.9 Å². The molecule has 2 aromatic rings. The minimum Gasteiger partial charge on any atom is -0.497 e. The lowest BCUT2D eigenvalue weighted by Crippen LogP contribution is -2.24. The average Bonchev–Trinajstić information content (AvgIpc) is 2.60. The molecule has 7 nitrogen and oxygen atoms in total. The lowest BCUT2D eigenvalue weighted by atomic mass is 10.1. The zero-order valence-corrected chi connectivity index (χ0v) is 14.6. The zero-order valence-electron chi connectivity index (χ0n) is 13.8. The summed E-state index contributed by atoms with van der Waals surface area (Å²) in [6, 6.07) is 13.5. The van der Waals surface area contributed by atoms with Crippen molar-refractivity contribution >= 4 is 16.1 Å². The highest BCUT2D eigenvalue weighted by Gasteiger charge is 2.07. The Morgan fingerprint density at radius 3 is 2.48 bits per heavy atom. The Labute approximate surface area is 146 Å². The van der Waals surface area contributed by atoms with Gasteiger partial charge in [-0.05, 0) is 35.4 Å². The molecule has 0 unspecified atom stereocenters. The molecule has 0 aliphatic heterocycles. The zero-order chi connectivity index (χ0) is 18.3. The summed E-state index contributed by atoms with van der Waals surface area (Å²) >= 11 is 0. The van der Waals surface area contributed by atoms with E-state index in [0.29, 0.717) is 6.42 Å². The summed E-state index contributed by atoms with van der Waals surface area (Å²) < 4.78 is 32.6. The Morgan fingerprint density at radius 1 is 1.12 bits per heavy atom. The fourth-order valence-electron chi connectivity index (χ4n) is 2.11. The van der Waals surface area contributed by atoms with E-state index in [-0.39, 0.29) is 18.0 Å². The molecule has 0 radical (unpaired) electrons. The molecule has 0 aliphatic rings. The number of amides is 1. The largest absolute Gasteiger partial charge is 0.497 e. The third kappa shape index (κ3) is 6.09. The number of alkyl carbamates (subject to hydrolysis) is 1. The minimum atomic E-state index is -3.72. The van der Waals surface area contributed by atoms with Gasteiger partial charge in [-0.2, -0.15) is 0 Å². The quantitative estimate of drug-likeness (QED) is 0.779. The van der Waals surface area contributed by atoms with Crippen molar-refractivity contribution in [3.8, 4) is 5.75 Å². The number of benzene rings is 2. The van der Waals surface area contributed by atoms with Crippen LogP contribution in [0.4, 0.5) is 4.79 Å². The number of carbonyl (C=O) groups is 1. The molecule has 0 saturated heterocycles. The van der Waals surface area contributed by atoms with Gasteiger partial charge in [0, 0.05) is 13.0 Å². The highest BCUT2D eigenvalue weighted by molar-refractivity contribution is 7.89. The second-order valence-electron chi connectivity index (χ2n) is 5.28. The first-order valence-electron chi connectivity index (χ1n) is 7.54. The molecule has 8 heteroatoms. The van der Waals surface area contributed by atoms with Gasteiger partial charge < -0.3 is 14.8 Å². The average molecular weight is 364 g/mol. The van der Waals surface area contributed by atoms with Crippen LogP contribution in [0.2, 0.25) is 0 Å². The summed E-state index contributed by atoms with van der Waals surface area (Å²) in [4.78, 5) is 11.7. The van der Waals surface area contributed by atoms with Crippen LogP contribution in [0.15, 0.2) is 53.4 Å². The Hall–Kier alpha value is -2.58. The van der Waals surface area contributed by atoms with Crippen LogP contribution in [0.3, 0.4) is 0 Å². The van der Waals surface area contributed by atoms with Crippen LogP contribution in [-0.2, 0) is 27.7 Å². The lowest BCUT2D eigenvalue weighted by molar-refractivity contribution is 0.147. The molecule has 0 bridgehead atoms. The predicted octanol–water partition coefficient (Wildman–Crippen LogP) is 1.81. The van der Waals surface area contributed by atoms with E-state index in [1.165, 1.54) is 12.1 Å². The Balaban J connectivity index is 1.75. The number of ether oxygens (including phenoxy) is 2. The first-order valence-corrected chi connectivity index (χ1v) is 9.08. The molecule has 0 saturated carbocycles. The third-order valence-electron chi connectivity index (χ3n) is 3.45. The standard InChI is InChI=1S/C17H20N2O5S/c1-23-15-4-2-3-13(11-15)9-10-24-17(20)19-12-14-5-7-16(8-6-14)25(18,21)22/h2-8,11H,9-10,12H2,1H3,(H,19,20)(H2,18,21,22). The molecular weight excluding hydrogens is 344 g/mol. The van der Waals surface area contributed by atoms with Crippen molar-refractivity contribution in [1.82, 2.24) is 5.32 Å². The van der Waals surface area contributed by atoms with Gasteiger partial charge in [-0.3, -0.25) is 0 Å². The smallest absolute Gasteiger partial charge is 0.407 e. The van der Waals surface area contributed by atoms with Gasteiger partial charge in [0.2, 0.25) is 10.0 Å². The van der Waals surface area contributed by atoms with Crippen LogP contribution in [0.5, 0.6) is 5.75 Å². The van der Waals surface area contributed by atoms with Crippen molar-refractivity contribution in [1.29, 1.82) is 0 Å². The van der Waals surface area contributed by atoms with Crippen molar-refractivity contribution < 1.29 is 22.7 Å². The predicted molar refractivity (Wildman–Crippen MR) is 92.7 cm³/mol. The molecule has 0 aliphatic carbocycles. The second-order valence-corrected chi connectivity index (χ2v) is 6.84. The SMILES string of the molecule is COc1cccc(CCOC(=O)NCc2ccc(S(N)(=O)=O)cc2)c1. The monoisotopic (exact) mass is 364 g/mol. The van der Waals surface area contributed by atoms with E-state index in [0.717, 1.165) is 16.9 Å². The van der Waals surface area contributed by atoms with Gasteiger partial charge in [0.1, 0.15) is 5.75 Å². The van der Waals surface area contributed by atoms with E-state index in [1.54, 1.807) is 19.2 Å². The molecule has 134 valence electrons. The van der Waals surface area contributed by atoms with Gasteiger partial charge in [-0.25, -0.2) is 18.4 Å². The third-order valence-corrected chi connectivity index (χ3v) is 4.38. The molecule has 2 rings (SSSR count). The van der Waals surface area contributed by atoms with Crippen LogP contribution in [0.1, 0.15) is 11.1 Å². The van der Waals surface area contributed by atoms with Gasteiger partial charge >= 0.3 is 6.09 Å². The summed E-state index contributed by atoms with van der Waals surface area (Å²) in [6.45, 7) is 0.465. The van der Waals surface area contributed by atoms with Gasteiger partial charge in [-0.1, -0.05) is 24.3 Å². The summed E-state index contributed by atoms with van der Waals surface area (Å²) in [5.41, 5.74) is 1.74. The number of nitrogens with one attached hydrogen (secondary N) is 1. The van der Waals surface area contributed by atoms with E-state index in [9.17, 15) is 13.2 Å². The van der Waals surface area contributed by atoms with Crippen LogP contribution in [0, 0.1) is 0 Å². The lowest BCUT2D eigenvalue weighted by Gasteiger charge is -2.08. The van der Waals surface area contributed by atoms with Gasteiger partial charge in [0.25, 0.3) is 0 Å². The Kier molecular flexibility index (Phi) is 6.37. The van der Waals surface area contributed by atoms with Gasteiger partial charge in [0.15, 0.2) is 0 Å². The van der Waals surface area contributed by atoms with E-state index in [4.69, 9.17) is 14.6 Å². The maximum Gasteiger partial charge on any atom is 0.407 e. The number of hydrogen-bond donors (Lipinski definition) is 2. The van der Waals surface area contributed by atoms with Crippen molar-refractivity contribution in [2.24, 2.45) is 5.14 Å². The number of nitrogens with two attached hydrogens (primary N) is 1. The molecule has 3 N–H and O–H groups in total. The number of methoxy groups -OCH3 is 1. The topological polar surface area (TPSA) is 108 Å². The van der Waals surface area contributed by atoms with Gasteiger partial charge in [-0.15, -0.1) is 0 Å². The highest BCUT2D eigenvalue weighted by Crippen LogP contribution is 2.13. The first kappa shape index (κ1) is 18.8. The molecule has 1 amide bonds. The number of hydrogen-bond acceptors (Lipinski definition) is 5. The van der Waals surface area contributed by atoms with E-state index in [1.807, 2.05) is 24.3 Å². The van der Waals surface area contributed by atoms with E-state index < -0.39 is 16.1 Å². The molecule has 0 atom stereocenters. The van der Waals surface area contributed by atoms with E-state index >= 15 is 0 Å². The van der Waals surface area contributed by atoms with Crippen molar-refractivity contribution in [3.63, 3.8) is 0 Å². The molecule has 25 heavy (non-hydrogen) atoms.